The van der Waals surface area contributed by atoms with Crippen LogP contribution in [0.5, 0.6) is 5.75 Å². The highest BCUT2D eigenvalue weighted by atomic mass is 32.1. The van der Waals surface area contributed by atoms with Gasteiger partial charge in [0.15, 0.2) is 6.61 Å². The van der Waals surface area contributed by atoms with Crippen molar-refractivity contribution in [3.8, 4) is 5.75 Å². The Hall–Kier alpha value is -2.34. The highest BCUT2D eigenvalue weighted by Crippen LogP contribution is 2.30. The number of hydrogen-bond donors (Lipinski definition) is 1. The molecule has 5 nitrogen and oxygen atoms in total. The largest absolute Gasteiger partial charge is 0.496 e. The van der Waals surface area contributed by atoms with Crippen molar-refractivity contribution in [2.45, 2.75) is 25.8 Å². The molecular weight excluding hydrogens is 326 g/mol. The van der Waals surface area contributed by atoms with Crippen molar-refractivity contribution in [3.63, 3.8) is 0 Å². The zero-order valence-electron chi connectivity index (χ0n) is 13.5. The Morgan fingerprint density at radius 2 is 2.08 bits per heavy atom. The van der Waals surface area contributed by atoms with E-state index >= 15 is 0 Å². The summed E-state index contributed by atoms with van der Waals surface area (Å²) in [4.78, 5) is 25.7. The topological polar surface area (TPSA) is 64.6 Å². The number of hydrogen-bond acceptors (Lipinski definition) is 5. The van der Waals surface area contributed by atoms with Crippen molar-refractivity contribution >= 4 is 23.2 Å². The fraction of sp³-hybridized carbons (Fsp3) is 0.333. The smallest absolute Gasteiger partial charge is 0.348 e. The van der Waals surface area contributed by atoms with Crippen LogP contribution in [-0.4, -0.2) is 25.6 Å². The Bertz CT molecular complexity index is 732. The first-order valence-electron chi connectivity index (χ1n) is 7.84. The maximum absolute atomic E-state index is 12.0. The summed E-state index contributed by atoms with van der Waals surface area (Å²) in [6.45, 7) is 0.0459. The van der Waals surface area contributed by atoms with Gasteiger partial charge in [0, 0.05) is 17.0 Å². The quantitative estimate of drug-likeness (QED) is 0.818. The van der Waals surface area contributed by atoms with Gasteiger partial charge in [0.1, 0.15) is 10.6 Å². The molecule has 0 spiro atoms. The molecular formula is C18H19NO4S. The van der Waals surface area contributed by atoms with Crippen LogP contribution < -0.4 is 10.1 Å². The molecule has 0 saturated carbocycles. The highest BCUT2D eigenvalue weighted by molar-refractivity contribution is 7.14. The molecule has 1 aliphatic carbocycles. The Kier molecular flexibility index (Phi) is 5.15. The van der Waals surface area contributed by atoms with E-state index in [2.05, 4.69) is 5.32 Å². The van der Waals surface area contributed by atoms with Gasteiger partial charge in [-0.2, -0.15) is 0 Å². The van der Waals surface area contributed by atoms with Gasteiger partial charge >= 0.3 is 5.97 Å². The summed E-state index contributed by atoms with van der Waals surface area (Å²) in [5.74, 6) is -0.0527. The molecule has 1 heterocycles. The molecule has 1 aromatic heterocycles. The van der Waals surface area contributed by atoms with E-state index in [1.54, 1.807) is 7.11 Å². The molecule has 1 N–H and O–H groups in total. The van der Waals surface area contributed by atoms with Crippen LogP contribution in [0.4, 0.5) is 0 Å². The van der Waals surface area contributed by atoms with Gasteiger partial charge in [-0.3, -0.25) is 4.79 Å². The molecule has 0 atom stereocenters. The second-order valence-electron chi connectivity index (χ2n) is 5.58. The predicted octanol–water partition coefficient (Wildman–Crippen LogP) is 2.72. The minimum atomic E-state index is -0.429. The highest BCUT2D eigenvalue weighted by Gasteiger charge is 2.19. The standard InChI is InChI=1S/C18H19NO4S/c1-22-14-7-3-2-5-13(14)10-19-17(20)11-23-18(21)16-9-12-6-4-8-15(12)24-16/h2-3,5,7,9H,4,6,8,10-11H2,1H3,(H,19,20). The van der Waals surface area contributed by atoms with Crippen molar-refractivity contribution in [1.29, 1.82) is 0 Å². The van der Waals surface area contributed by atoms with Gasteiger partial charge in [-0.15, -0.1) is 11.3 Å². The fourth-order valence-corrected chi connectivity index (χ4v) is 3.87. The van der Waals surface area contributed by atoms with Crippen LogP contribution >= 0.6 is 11.3 Å². The third kappa shape index (κ3) is 3.76. The monoisotopic (exact) mass is 345 g/mol. The lowest BCUT2D eigenvalue weighted by atomic mass is 10.2. The number of fused-ring (bicyclic) bond motifs is 1. The van der Waals surface area contributed by atoms with E-state index < -0.39 is 5.97 Å². The number of carbonyl (C=O) groups is 2. The number of carbonyl (C=O) groups excluding carboxylic acids is 2. The van der Waals surface area contributed by atoms with Crippen LogP contribution in [-0.2, 0) is 28.9 Å². The van der Waals surface area contributed by atoms with E-state index in [1.165, 1.54) is 21.8 Å². The average molecular weight is 345 g/mol. The Balaban J connectivity index is 1.47. The molecule has 6 heteroatoms. The van der Waals surface area contributed by atoms with Crippen LogP contribution in [0.25, 0.3) is 0 Å². The molecule has 126 valence electrons. The van der Waals surface area contributed by atoms with E-state index in [4.69, 9.17) is 9.47 Å². The number of ether oxygens (including phenoxy) is 2. The van der Waals surface area contributed by atoms with E-state index in [1.807, 2.05) is 30.3 Å². The SMILES string of the molecule is COc1ccccc1CNC(=O)COC(=O)c1cc2c(s1)CCC2. The average Bonchev–Trinajstić information content (AvgIpc) is 3.20. The van der Waals surface area contributed by atoms with Gasteiger partial charge in [0.2, 0.25) is 0 Å². The van der Waals surface area contributed by atoms with Gasteiger partial charge in [0.05, 0.1) is 7.11 Å². The van der Waals surface area contributed by atoms with Crippen LogP contribution in [0.1, 0.15) is 32.1 Å². The lowest BCUT2D eigenvalue weighted by molar-refractivity contribution is -0.124. The summed E-state index contributed by atoms with van der Waals surface area (Å²) in [7, 11) is 1.58. The third-order valence-electron chi connectivity index (χ3n) is 3.95. The molecule has 2 aromatic rings. The van der Waals surface area contributed by atoms with Crippen molar-refractivity contribution < 1.29 is 19.1 Å². The third-order valence-corrected chi connectivity index (χ3v) is 5.17. The molecule has 1 aromatic carbocycles. The second kappa shape index (κ2) is 7.49. The van der Waals surface area contributed by atoms with Crippen LogP contribution in [0, 0.1) is 0 Å². The molecule has 1 aliphatic rings. The summed E-state index contributed by atoms with van der Waals surface area (Å²) in [5, 5.41) is 2.73. The van der Waals surface area contributed by atoms with Gasteiger partial charge in [-0.1, -0.05) is 18.2 Å². The fourth-order valence-electron chi connectivity index (χ4n) is 2.73. The number of para-hydroxylation sites is 1. The lowest BCUT2D eigenvalue weighted by Gasteiger charge is -2.09. The summed E-state index contributed by atoms with van der Waals surface area (Å²) in [6, 6.07) is 9.34. The maximum atomic E-state index is 12.0. The van der Waals surface area contributed by atoms with Gasteiger partial charge in [0.25, 0.3) is 5.91 Å². The van der Waals surface area contributed by atoms with Gasteiger partial charge < -0.3 is 14.8 Å². The molecule has 0 saturated heterocycles. The predicted molar refractivity (Wildman–Crippen MR) is 91.5 cm³/mol. The summed E-state index contributed by atoms with van der Waals surface area (Å²) < 4.78 is 10.3. The number of benzene rings is 1. The minimum absolute atomic E-state index is 0.281. The minimum Gasteiger partial charge on any atom is -0.496 e. The van der Waals surface area contributed by atoms with Crippen molar-refractivity contribution in [2.75, 3.05) is 13.7 Å². The molecule has 1 amide bonds. The normalized spacial score (nSPS) is 12.5. The summed E-state index contributed by atoms with van der Waals surface area (Å²) in [5.41, 5.74) is 2.11. The zero-order valence-corrected chi connectivity index (χ0v) is 14.3. The van der Waals surface area contributed by atoms with Crippen LogP contribution in [0.15, 0.2) is 30.3 Å². The lowest BCUT2D eigenvalue weighted by Crippen LogP contribution is -2.28. The molecule has 0 radical (unpaired) electrons. The molecule has 24 heavy (non-hydrogen) atoms. The Morgan fingerprint density at radius 3 is 2.88 bits per heavy atom. The molecule has 0 aliphatic heterocycles. The van der Waals surface area contributed by atoms with E-state index in [-0.39, 0.29) is 12.5 Å². The number of nitrogens with one attached hydrogen (secondary N) is 1. The molecule has 0 fully saturated rings. The number of amides is 1. The first-order valence-corrected chi connectivity index (χ1v) is 8.66. The first-order chi connectivity index (χ1) is 11.7. The van der Waals surface area contributed by atoms with Crippen LogP contribution in [0.3, 0.4) is 0 Å². The number of rotatable bonds is 6. The maximum Gasteiger partial charge on any atom is 0.348 e. The molecule has 0 unspecified atom stereocenters. The van der Waals surface area contributed by atoms with Crippen molar-refractivity contribution in [2.24, 2.45) is 0 Å². The second-order valence-corrected chi connectivity index (χ2v) is 6.71. The van der Waals surface area contributed by atoms with Crippen molar-refractivity contribution in [3.05, 3.63) is 51.2 Å². The Labute approximate surface area is 144 Å². The Morgan fingerprint density at radius 1 is 1.25 bits per heavy atom. The molecule has 0 bridgehead atoms. The summed E-state index contributed by atoms with van der Waals surface area (Å²) in [6.07, 6.45) is 3.22. The van der Waals surface area contributed by atoms with E-state index in [0.717, 1.165) is 24.8 Å². The molecule has 3 rings (SSSR count). The van der Waals surface area contributed by atoms with Crippen LogP contribution in [0.2, 0.25) is 0 Å². The van der Waals surface area contributed by atoms with Crippen molar-refractivity contribution in [1.82, 2.24) is 5.32 Å². The van der Waals surface area contributed by atoms with E-state index in [0.29, 0.717) is 17.2 Å². The first kappa shape index (κ1) is 16.5. The number of aryl methyl sites for hydroxylation is 2. The zero-order chi connectivity index (χ0) is 16.9. The summed E-state index contributed by atoms with van der Waals surface area (Å²) >= 11 is 1.47. The number of esters is 1. The van der Waals surface area contributed by atoms with Gasteiger partial charge in [-0.05, 0) is 37.0 Å². The van der Waals surface area contributed by atoms with E-state index in [9.17, 15) is 9.59 Å². The number of methoxy groups -OCH3 is 1. The number of thiophene rings is 1. The van der Waals surface area contributed by atoms with Gasteiger partial charge in [-0.25, -0.2) is 4.79 Å².